The van der Waals surface area contributed by atoms with E-state index in [2.05, 4.69) is 25.5 Å². The molecule has 1 fully saturated rings. The Morgan fingerprint density at radius 1 is 1.25 bits per heavy atom. The zero-order valence-corrected chi connectivity index (χ0v) is 12.3. The minimum atomic E-state index is -0.0142. The third kappa shape index (κ3) is 4.36. The van der Waals surface area contributed by atoms with Crippen molar-refractivity contribution in [3.05, 3.63) is 11.8 Å². The van der Waals surface area contributed by atoms with Crippen LogP contribution in [0.5, 0.6) is 0 Å². The van der Waals surface area contributed by atoms with Crippen LogP contribution >= 0.6 is 0 Å². The minimum absolute atomic E-state index is 0.0142. The van der Waals surface area contributed by atoms with Crippen LogP contribution < -0.4 is 15.5 Å². The quantitative estimate of drug-likeness (QED) is 0.794. The van der Waals surface area contributed by atoms with Gasteiger partial charge in [0.2, 0.25) is 11.9 Å². The lowest BCUT2D eigenvalue weighted by Crippen LogP contribution is -2.31. The van der Waals surface area contributed by atoms with Crippen LogP contribution in [0.2, 0.25) is 0 Å². The van der Waals surface area contributed by atoms with Gasteiger partial charge in [-0.1, -0.05) is 0 Å². The fraction of sp³-hybridized carbons (Fsp3) is 0.643. The standard InChI is InChI=1S/C14H23N5O/c1-11-10-13(16-7-6-15-12(2)20)18-14(17-11)19-8-4-3-5-9-19/h10H,3-9H2,1-2H3,(H,15,20)(H,16,17,18). The van der Waals surface area contributed by atoms with Gasteiger partial charge in [-0.05, 0) is 26.2 Å². The van der Waals surface area contributed by atoms with Crippen LogP contribution in [0.15, 0.2) is 6.07 Å². The fourth-order valence-electron chi connectivity index (χ4n) is 2.31. The number of hydrogen-bond acceptors (Lipinski definition) is 5. The number of rotatable bonds is 5. The van der Waals surface area contributed by atoms with E-state index in [1.165, 1.54) is 26.2 Å². The zero-order chi connectivity index (χ0) is 14.4. The van der Waals surface area contributed by atoms with Gasteiger partial charge in [-0.2, -0.15) is 4.98 Å². The van der Waals surface area contributed by atoms with Crippen LogP contribution in [0.25, 0.3) is 0 Å². The number of aryl methyl sites for hydroxylation is 1. The van der Waals surface area contributed by atoms with Gasteiger partial charge in [0.15, 0.2) is 0 Å². The molecule has 1 amide bonds. The SMILES string of the molecule is CC(=O)NCCNc1cc(C)nc(N2CCCCC2)n1. The van der Waals surface area contributed by atoms with Crippen LogP contribution in [-0.4, -0.2) is 42.1 Å². The largest absolute Gasteiger partial charge is 0.368 e. The molecule has 2 N–H and O–H groups in total. The van der Waals surface area contributed by atoms with E-state index in [0.717, 1.165) is 30.5 Å². The van der Waals surface area contributed by atoms with Gasteiger partial charge < -0.3 is 15.5 Å². The number of anilines is 2. The Bertz CT molecular complexity index is 457. The first-order valence-electron chi connectivity index (χ1n) is 7.24. The topological polar surface area (TPSA) is 70.2 Å². The number of hydrogen-bond donors (Lipinski definition) is 2. The molecule has 1 saturated heterocycles. The highest BCUT2D eigenvalue weighted by molar-refractivity contribution is 5.72. The molecule has 20 heavy (non-hydrogen) atoms. The van der Waals surface area contributed by atoms with Crippen molar-refractivity contribution in [2.45, 2.75) is 33.1 Å². The van der Waals surface area contributed by atoms with E-state index in [9.17, 15) is 4.79 Å². The Hall–Kier alpha value is -1.85. The number of carbonyl (C=O) groups is 1. The van der Waals surface area contributed by atoms with Crippen LogP contribution in [-0.2, 0) is 4.79 Å². The summed E-state index contributed by atoms with van der Waals surface area (Å²) in [6.45, 7) is 6.83. The number of aromatic nitrogens is 2. The Kier molecular flexibility index (Phi) is 5.15. The maximum absolute atomic E-state index is 10.8. The van der Waals surface area contributed by atoms with Crippen LogP contribution in [0.3, 0.4) is 0 Å². The lowest BCUT2D eigenvalue weighted by atomic mass is 10.1. The first-order valence-corrected chi connectivity index (χ1v) is 7.24. The molecule has 1 aliphatic rings. The third-order valence-corrected chi connectivity index (χ3v) is 3.29. The molecule has 6 nitrogen and oxygen atoms in total. The lowest BCUT2D eigenvalue weighted by Gasteiger charge is -2.27. The lowest BCUT2D eigenvalue weighted by molar-refractivity contribution is -0.118. The van der Waals surface area contributed by atoms with Gasteiger partial charge in [-0.25, -0.2) is 4.98 Å². The summed E-state index contributed by atoms with van der Waals surface area (Å²) in [4.78, 5) is 22.1. The first-order chi connectivity index (χ1) is 9.65. The highest BCUT2D eigenvalue weighted by Gasteiger charge is 2.14. The molecule has 0 aliphatic carbocycles. The summed E-state index contributed by atoms with van der Waals surface area (Å²) in [6, 6.07) is 1.93. The monoisotopic (exact) mass is 277 g/mol. The average molecular weight is 277 g/mol. The molecule has 2 rings (SSSR count). The van der Waals surface area contributed by atoms with Crippen LogP contribution in [0.4, 0.5) is 11.8 Å². The average Bonchev–Trinajstić information content (AvgIpc) is 2.44. The van der Waals surface area contributed by atoms with E-state index in [0.29, 0.717) is 13.1 Å². The maximum atomic E-state index is 10.8. The van der Waals surface area contributed by atoms with Gasteiger partial charge in [0.25, 0.3) is 0 Å². The van der Waals surface area contributed by atoms with E-state index in [-0.39, 0.29) is 5.91 Å². The highest BCUT2D eigenvalue weighted by Crippen LogP contribution is 2.18. The predicted octanol–water partition coefficient (Wildman–Crippen LogP) is 1.32. The zero-order valence-electron chi connectivity index (χ0n) is 12.3. The van der Waals surface area contributed by atoms with Crippen molar-refractivity contribution in [1.82, 2.24) is 15.3 Å². The molecule has 110 valence electrons. The van der Waals surface area contributed by atoms with E-state index in [1.54, 1.807) is 0 Å². The third-order valence-electron chi connectivity index (χ3n) is 3.29. The molecule has 0 bridgehead atoms. The van der Waals surface area contributed by atoms with Gasteiger partial charge in [0.05, 0.1) is 0 Å². The summed E-state index contributed by atoms with van der Waals surface area (Å²) in [6.07, 6.45) is 3.72. The van der Waals surface area contributed by atoms with E-state index >= 15 is 0 Å². The van der Waals surface area contributed by atoms with Crippen molar-refractivity contribution in [1.29, 1.82) is 0 Å². The Balaban J connectivity index is 1.95. The Morgan fingerprint density at radius 3 is 2.70 bits per heavy atom. The molecule has 0 unspecified atom stereocenters. The van der Waals surface area contributed by atoms with E-state index in [4.69, 9.17) is 0 Å². The maximum Gasteiger partial charge on any atom is 0.227 e. The second kappa shape index (κ2) is 7.07. The predicted molar refractivity (Wildman–Crippen MR) is 80.0 cm³/mol. The van der Waals surface area contributed by atoms with Crippen molar-refractivity contribution in [2.75, 3.05) is 36.4 Å². The molecule has 2 heterocycles. The van der Waals surface area contributed by atoms with Crippen molar-refractivity contribution < 1.29 is 4.79 Å². The van der Waals surface area contributed by atoms with Gasteiger partial charge in [-0.15, -0.1) is 0 Å². The summed E-state index contributed by atoms with van der Waals surface area (Å²) in [5.74, 6) is 1.62. The number of nitrogens with one attached hydrogen (secondary N) is 2. The first kappa shape index (κ1) is 14.6. The van der Waals surface area contributed by atoms with Gasteiger partial charge in [-0.3, -0.25) is 4.79 Å². The molecular formula is C14H23N5O. The van der Waals surface area contributed by atoms with Crippen molar-refractivity contribution >= 4 is 17.7 Å². The second-order valence-corrected chi connectivity index (χ2v) is 5.15. The molecule has 0 spiro atoms. The number of carbonyl (C=O) groups excluding carboxylic acids is 1. The molecule has 0 saturated carbocycles. The summed E-state index contributed by atoms with van der Waals surface area (Å²) in [7, 11) is 0. The van der Waals surface area contributed by atoms with Crippen molar-refractivity contribution in [3.8, 4) is 0 Å². The summed E-state index contributed by atoms with van der Waals surface area (Å²) < 4.78 is 0. The minimum Gasteiger partial charge on any atom is -0.368 e. The van der Waals surface area contributed by atoms with E-state index < -0.39 is 0 Å². The van der Waals surface area contributed by atoms with Crippen LogP contribution in [0, 0.1) is 6.92 Å². The molecule has 1 aromatic heterocycles. The molecule has 1 aliphatic heterocycles. The smallest absolute Gasteiger partial charge is 0.227 e. The summed E-state index contributed by atoms with van der Waals surface area (Å²) in [5, 5.41) is 5.98. The van der Waals surface area contributed by atoms with Crippen LogP contribution in [0.1, 0.15) is 31.9 Å². The molecule has 0 atom stereocenters. The fourth-order valence-corrected chi connectivity index (χ4v) is 2.31. The molecule has 0 radical (unpaired) electrons. The number of amides is 1. The molecular weight excluding hydrogens is 254 g/mol. The second-order valence-electron chi connectivity index (χ2n) is 5.15. The van der Waals surface area contributed by atoms with Crippen molar-refractivity contribution in [2.24, 2.45) is 0 Å². The summed E-state index contributed by atoms with van der Waals surface area (Å²) >= 11 is 0. The van der Waals surface area contributed by atoms with Crippen molar-refractivity contribution in [3.63, 3.8) is 0 Å². The summed E-state index contributed by atoms with van der Waals surface area (Å²) in [5.41, 5.74) is 0.961. The Labute approximate surface area is 120 Å². The Morgan fingerprint density at radius 2 is 2.00 bits per heavy atom. The highest BCUT2D eigenvalue weighted by atomic mass is 16.1. The van der Waals surface area contributed by atoms with Gasteiger partial charge in [0.1, 0.15) is 5.82 Å². The number of nitrogens with zero attached hydrogens (tertiary/aromatic N) is 3. The normalized spacial score (nSPS) is 15.0. The molecule has 6 heteroatoms. The van der Waals surface area contributed by atoms with Gasteiger partial charge >= 0.3 is 0 Å². The number of piperidine rings is 1. The van der Waals surface area contributed by atoms with Gasteiger partial charge in [0, 0.05) is 44.9 Å². The molecule has 1 aromatic rings. The van der Waals surface area contributed by atoms with E-state index in [1.807, 2.05) is 13.0 Å². The molecule has 0 aromatic carbocycles.